The number of unbranched alkanes of at least 4 members (excludes halogenated alkanes) is 2. The van der Waals surface area contributed by atoms with Crippen LogP contribution in [0.3, 0.4) is 0 Å². The van der Waals surface area contributed by atoms with Crippen LogP contribution in [0.15, 0.2) is 24.3 Å². The average Bonchev–Trinajstić information content (AvgIpc) is 2.11. The van der Waals surface area contributed by atoms with Gasteiger partial charge in [-0.2, -0.15) is 0 Å². The third-order valence-corrected chi connectivity index (χ3v) is 1.96. The lowest BCUT2D eigenvalue weighted by Crippen LogP contribution is -1.73. The van der Waals surface area contributed by atoms with Crippen LogP contribution in [0.2, 0.25) is 0 Å². The van der Waals surface area contributed by atoms with Crippen LogP contribution in [-0.4, -0.2) is 10.2 Å². The van der Waals surface area contributed by atoms with Crippen molar-refractivity contribution >= 4 is 6.08 Å². The van der Waals surface area contributed by atoms with Crippen molar-refractivity contribution in [1.82, 2.24) is 0 Å². The Bertz CT molecular complexity index is 296. The van der Waals surface area contributed by atoms with Gasteiger partial charge in [0.05, 0.1) is 0 Å². The molecular formula is C12H16O2. The van der Waals surface area contributed by atoms with E-state index in [4.69, 9.17) is 0 Å². The van der Waals surface area contributed by atoms with Gasteiger partial charge in [0.25, 0.3) is 0 Å². The summed E-state index contributed by atoms with van der Waals surface area (Å²) in [5.74, 6) is 0.195. The molecule has 0 aliphatic rings. The van der Waals surface area contributed by atoms with E-state index in [0.29, 0.717) is 0 Å². The lowest BCUT2D eigenvalue weighted by atomic mass is 10.1. The van der Waals surface area contributed by atoms with Crippen LogP contribution in [0.5, 0.6) is 11.5 Å². The normalized spacial score (nSPS) is 10.9. The van der Waals surface area contributed by atoms with Crippen molar-refractivity contribution in [3.8, 4) is 11.5 Å². The van der Waals surface area contributed by atoms with E-state index < -0.39 is 0 Å². The topological polar surface area (TPSA) is 40.5 Å². The summed E-state index contributed by atoms with van der Waals surface area (Å²) in [5.41, 5.74) is 0.832. The highest BCUT2D eigenvalue weighted by Gasteiger charge is 1.94. The molecule has 0 saturated heterocycles. The molecule has 2 nitrogen and oxygen atoms in total. The maximum Gasteiger partial charge on any atom is 0.119 e. The molecule has 0 spiro atoms. The van der Waals surface area contributed by atoms with Gasteiger partial charge in [0.15, 0.2) is 0 Å². The van der Waals surface area contributed by atoms with Gasteiger partial charge >= 0.3 is 0 Å². The van der Waals surface area contributed by atoms with Crippen LogP contribution >= 0.6 is 0 Å². The number of rotatable bonds is 4. The van der Waals surface area contributed by atoms with E-state index in [2.05, 4.69) is 13.0 Å². The molecule has 0 heterocycles. The second kappa shape index (κ2) is 5.32. The van der Waals surface area contributed by atoms with Crippen LogP contribution in [-0.2, 0) is 0 Å². The van der Waals surface area contributed by atoms with Gasteiger partial charge in [0, 0.05) is 6.07 Å². The van der Waals surface area contributed by atoms with Gasteiger partial charge in [0.2, 0.25) is 0 Å². The Labute approximate surface area is 84.5 Å². The lowest BCUT2D eigenvalue weighted by molar-refractivity contribution is 0.450. The number of hydrogen-bond acceptors (Lipinski definition) is 2. The third kappa shape index (κ3) is 3.52. The van der Waals surface area contributed by atoms with Crippen LogP contribution in [0.4, 0.5) is 0 Å². The van der Waals surface area contributed by atoms with Gasteiger partial charge in [0.1, 0.15) is 11.5 Å². The van der Waals surface area contributed by atoms with Gasteiger partial charge in [-0.15, -0.1) is 0 Å². The second-order valence-corrected chi connectivity index (χ2v) is 3.33. The molecule has 14 heavy (non-hydrogen) atoms. The van der Waals surface area contributed by atoms with Crippen LogP contribution < -0.4 is 0 Å². The van der Waals surface area contributed by atoms with Gasteiger partial charge < -0.3 is 10.2 Å². The fraction of sp³-hybridized carbons (Fsp3) is 0.333. The molecule has 0 amide bonds. The summed E-state index contributed by atoms with van der Waals surface area (Å²) in [5, 5.41) is 18.4. The summed E-state index contributed by atoms with van der Waals surface area (Å²) in [6.07, 6.45) is 7.34. The Morgan fingerprint density at radius 2 is 1.79 bits per heavy atom. The molecule has 0 saturated carbocycles. The molecule has 2 heteroatoms. The van der Waals surface area contributed by atoms with E-state index in [0.717, 1.165) is 12.0 Å². The highest BCUT2D eigenvalue weighted by molar-refractivity contribution is 5.54. The minimum absolute atomic E-state index is 0.0974. The minimum atomic E-state index is 0.0974. The molecule has 0 unspecified atom stereocenters. The summed E-state index contributed by atoms with van der Waals surface area (Å²) in [6.45, 7) is 2.15. The van der Waals surface area contributed by atoms with E-state index in [1.54, 1.807) is 12.1 Å². The summed E-state index contributed by atoms with van der Waals surface area (Å²) in [6, 6.07) is 4.58. The number of hydrogen-bond donors (Lipinski definition) is 2. The predicted octanol–water partition coefficient (Wildman–Crippen LogP) is 3.30. The van der Waals surface area contributed by atoms with Gasteiger partial charge in [-0.25, -0.2) is 0 Å². The first-order valence-corrected chi connectivity index (χ1v) is 4.92. The summed E-state index contributed by atoms with van der Waals surface area (Å²) in [4.78, 5) is 0. The van der Waals surface area contributed by atoms with Crippen molar-refractivity contribution in [1.29, 1.82) is 0 Å². The van der Waals surface area contributed by atoms with Crippen LogP contribution in [0.25, 0.3) is 6.08 Å². The number of aromatic hydroxyl groups is 2. The molecule has 1 rings (SSSR count). The van der Waals surface area contributed by atoms with E-state index >= 15 is 0 Å². The Morgan fingerprint density at radius 3 is 2.36 bits per heavy atom. The number of phenolic OH excluding ortho intramolecular Hbond substituents is 2. The first kappa shape index (κ1) is 10.6. The molecule has 1 aromatic carbocycles. The Balaban J connectivity index is 2.62. The molecule has 0 aromatic heterocycles. The largest absolute Gasteiger partial charge is 0.508 e. The standard InChI is InChI=1S/C12H16O2/c1-2-3-4-5-6-10-7-11(13)9-12(14)8-10/h5-9,13-14H,2-4H2,1H3/b6-5+. The zero-order chi connectivity index (χ0) is 10.4. The highest BCUT2D eigenvalue weighted by atomic mass is 16.3. The maximum atomic E-state index is 9.20. The molecule has 0 atom stereocenters. The summed E-state index contributed by atoms with van der Waals surface area (Å²) in [7, 11) is 0. The zero-order valence-corrected chi connectivity index (χ0v) is 8.40. The van der Waals surface area contributed by atoms with Crippen molar-refractivity contribution < 1.29 is 10.2 Å². The monoisotopic (exact) mass is 192 g/mol. The Hall–Kier alpha value is -1.44. The molecule has 76 valence electrons. The van der Waals surface area contributed by atoms with Crippen molar-refractivity contribution in [3.63, 3.8) is 0 Å². The number of benzene rings is 1. The smallest absolute Gasteiger partial charge is 0.119 e. The zero-order valence-electron chi connectivity index (χ0n) is 8.40. The SMILES string of the molecule is CCCC/C=C/c1cc(O)cc(O)c1. The van der Waals surface area contributed by atoms with Crippen molar-refractivity contribution in [2.75, 3.05) is 0 Å². The van der Waals surface area contributed by atoms with Gasteiger partial charge in [-0.05, 0) is 24.1 Å². The molecule has 0 aliphatic carbocycles. The van der Waals surface area contributed by atoms with E-state index in [9.17, 15) is 10.2 Å². The first-order valence-electron chi connectivity index (χ1n) is 4.92. The molecule has 0 bridgehead atoms. The van der Waals surface area contributed by atoms with Crippen LogP contribution in [0, 0.1) is 0 Å². The molecule has 0 aliphatic heterocycles. The van der Waals surface area contributed by atoms with Crippen molar-refractivity contribution in [2.45, 2.75) is 26.2 Å². The fourth-order valence-corrected chi connectivity index (χ4v) is 1.26. The van der Waals surface area contributed by atoms with E-state index in [-0.39, 0.29) is 11.5 Å². The Kier molecular flexibility index (Phi) is 4.05. The fourth-order valence-electron chi connectivity index (χ4n) is 1.26. The first-order chi connectivity index (χ1) is 6.72. The second-order valence-electron chi connectivity index (χ2n) is 3.33. The Morgan fingerprint density at radius 1 is 1.14 bits per heavy atom. The number of phenols is 2. The highest BCUT2D eigenvalue weighted by Crippen LogP contribution is 2.21. The van der Waals surface area contributed by atoms with Gasteiger partial charge in [-0.1, -0.05) is 31.9 Å². The van der Waals surface area contributed by atoms with E-state index in [1.165, 1.54) is 18.9 Å². The molecule has 1 aromatic rings. The van der Waals surface area contributed by atoms with Crippen molar-refractivity contribution in [3.05, 3.63) is 29.8 Å². The lowest BCUT2D eigenvalue weighted by Gasteiger charge is -1.97. The molecule has 0 radical (unpaired) electrons. The van der Waals surface area contributed by atoms with Crippen LogP contribution in [0.1, 0.15) is 31.7 Å². The summed E-state index contributed by atoms with van der Waals surface area (Å²) < 4.78 is 0. The third-order valence-electron chi connectivity index (χ3n) is 1.96. The number of allylic oxidation sites excluding steroid dienone is 1. The minimum Gasteiger partial charge on any atom is -0.508 e. The van der Waals surface area contributed by atoms with E-state index in [1.807, 2.05) is 6.08 Å². The van der Waals surface area contributed by atoms with Crippen molar-refractivity contribution in [2.24, 2.45) is 0 Å². The van der Waals surface area contributed by atoms with Gasteiger partial charge in [-0.3, -0.25) is 0 Å². The molecule has 2 N–H and O–H groups in total. The summed E-state index contributed by atoms with van der Waals surface area (Å²) >= 11 is 0. The quantitative estimate of drug-likeness (QED) is 0.718. The maximum absolute atomic E-state index is 9.20. The average molecular weight is 192 g/mol. The molecule has 0 fully saturated rings. The molecular weight excluding hydrogens is 176 g/mol. The predicted molar refractivity (Wildman–Crippen MR) is 58.3 cm³/mol.